The molecule has 3 atom stereocenters. The van der Waals surface area contributed by atoms with Gasteiger partial charge in [-0.25, -0.2) is 0 Å². The summed E-state index contributed by atoms with van der Waals surface area (Å²) in [7, 11) is 0. The number of carbonyl (C=O) groups is 2. The normalized spacial score (nSPS) is 24.2. The Morgan fingerprint density at radius 1 is 1.37 bits per heavy atom. The van der Waals surface area contributed by atoms with Gasteiger partial charge in [0.05, 0.1) is 5.92 Å². The Balaban J connectivity index is 2.11. The van der Waals surface area contributed by atoms with Gasteiger partial charge in [-0.2, -0.15) is 0 Å². The molecule has 19 heavy (non-hydrogen) atoms. The van der Waals surface area contributed by atoms with Crippen molar-refractivity contribution in [1.29, 1.82) is 0 Å². The Kier molecular flexibility index (Phi) is 3.85. The van der Waals surface area contributed by atoms with Gasteiger partial charge in [-0.3, -0.25) is 9.59 Å². The van der Waals surface area contributed by atoms with E-state index in [1.165, 1.54) is 0 Å². The molecule has 5 nitrogen and oxygen atoms in total. The molecule has 0 aliphatic carbocycles. The summed E-state index contributed by atoms with van der Waals surface area (Å²) in [5, 5.41) is 9.07. The van der Waals surface area contributed by atoms with E-state index in [9.17, 15) is 9.59 Å². The van der Waals surface area contributed by atoms with Crippen molar-refractivity contribution in [2.75, 3.05) is 6.54 Å². The van der Waals surface area contributed by atoms with Crippen molar-refractivity contribution in [3.63, 3.8) is 0 Å². The highest BCUT2D eigenvalue weighted by molar-refractivity contribution is 5.84. The highest BCUT2D eigenvalue weighted by Gasteiger charge is 2.39. The minimum atomic E-state index is -0.851. The smallest absolute Gasteiger partial charge is 0.308 e. The van der Waals surface area contributed by atoms with Crippen molar-refractivity contribution in [2.24, 2.45) is 11.7 Å². The lowest BCUT2D eigenvalue weighted by Gasteiger charge is -2.26. The molecule has 1 fully saturated rings. The number of nitrogens with zero attached hydrogens (tertiary/aromatic N) is 1. The fourth-order valence-electron chi connectivity index (χ4n) is 2.56. The molecule has 1 heterocycles. The van der Waals surface area contributed by atoms with Crippen LogP contribution in [-0.4, -0.2) is 34.5 Å². The SMILES string of the molecule is CC1C(C(=O)O)CCN1C(=O)[C@@H](N)c1ccccc1. The molecule has 0 spiro atoms. The van der Waals surface area contributed by atoms with Crippen molar-refractivity contribution < 1.29 is 14.7 Å². The van der Waals surface area contributed by atoms with Crippen LogP contribution >= 0.6 is 0 Å². The number of hydrogen-bond acceptors (Lipinski definition) is 3. The molecule has 1 aromatic carbocycles. The zero-order valence-electron chi connectivity index (χ0n) is 10.8. The lowest BCUT2D eigenvalue weighted by molar-refractivity contribution is -0.143. The zero-order chi connectivity index (χ0) is 14.0. The molecule has 2 rings (SSSR count). The summed E-state index contributed by atoms with van der Waals surface area (Å²) in [5.41, 5.74) is 6.71. The summed E-state index contributed by atoms with van der Waals surface area (Å²) >= 11 is 0. The summed E-state index contributed by atoms with van der Waals surface area (Å²) in [4.78, 5) is 25.0. The number of aliphatic carboxylic acids is 1. The average Bonchev–Trinajstić information content (AvgIpc) is 2.80. The molecule has 3 N–H and O–H groups in total. The Morgan fingerprint density at radius 2 is 2.00 bits per heavy atom. The van der Waals surface area contributed by atoms with Crippen LogP contribution in [0.2, 0.25) is 0 Å². The van der Waals surface area contributed by atoms with Crippen molar-refractivity contribution in [3.8, 4) is 0 Å². The van der Waals surface area contributed by atoms with Gasteiger partial charge in [0.15, 0.2) is 0 Å². The maximum absolute atomic E-state index is 12.3. The molecular formula is C14H18N2O3. The molecule has 0 bridgehead atoms. The number of carboxylic acids is 1. The Hall–Kier alpha value is -1.88. The summed E-state index contributed by atoms with van der Waals surface area (Å²) in [6.45, 7) is 2.22. The van der Waals surface area contributed by atoms with Gasteiger partial charge in [0.1, 0.15) is 6.04 Å². The largest absolute Gasteiger partial charge is 0.481 e. The maximum Gasteiger partial charge on any atom is 0.308 e. The number of rotatable bonds is 3. The molecule has 0 aromatic heterocycles. The fourth-order valence-corrected chi connectivity index (χ4v) is 2.56. The summed E-state index contributed by atoms with van der Waals surface area (Å²) in [6.07, 6.45) is 0.490. The number of hydrogen-bond donors (Lipinski definition) is 2. The fraction of sp³-hybridized carbons (Fsp3) is 0.429. The van der Waals surface area contributed by atoms with Gasteiger partial charge in [0.2, 0.25) is 5.91 Å². The molecule has 5 heteroatoms. The Bertz CT molecular complexity index is 475. The van der Waals surface area contributed by atoms with Crippen LogP contribution in [-0.2, 0) is 9.59 Å². The molecule has 1 aliphatic rings. The second-order valence-corrected chi connectivity index (χ2v) is 4.89. The monoisotopic (exact) mass is 262 g/mol. The van der Waals surface area contributed by atoms with E-state index >= 15 is 0 Å². The number of nitrogens with two attached hydrogens (primary N) is 1. The minimum Gasteiger partial charge on any atom is -0.481 e. The predicted octanol–water partition coefficient (Wildman–Crippen LogP) is 1.01. The molecule has 0 radical (unpaired) electrons. The molecule has 1 saturated heterocycles. The first-order valence-electron chi connectivity index (χ1n) is 6.36. The summed E-state index contributed by atoms with van der Waals surface area (Å²) < 4.78 is 0. The molecule has 2 unspecified atom stereocenters. The summed E-state index contributed by atoms with van der Waals surface area (Å²) in [5.74, 6) is -1.55. The zero-order valence-corrected chi connectivity index (χ0v) is 10.8. The van der Waals surface area contributed by atoms with E-state index in [0.717, 1.165) is 5.56 Å². The quantitative estimate of drug-likeness (QED) is 0.851. The van der Waals surface area contributed by atoms with E-state index in [1.807, 2.05) is 18.2 Å². The summed E-state index contributed by atoms with van der Waals surface area (Å²) in [6, 6.07) is 8.09. The van der Waals surface area contributed by atoms with E-state index in [4.69, 9.17) is 10.8 Å². The van der Waals surface area contributed by atoms with Crippen LogP contribution in [0.3, 0.4) is 0 Å². The first kappa shape index (κ1) is 13.5. The topological polar surface area (TPSA) is 83.6 Å². The average molecular weight is 262 g/mol. The van der Waals surface area contributed by atoms with Gasteiger partial charge in [-0.05, 0) is 18.9 Å². The van der Waals surface area contributed by atoms with Crippen molar-refractivity contribution in [3.05, 3.63) is 35.9 Å². The predicted molar refractivity (Wildman–Crippen MR) is 70.3 cm³/mol. The highest BCUT2D eigenvalue weighted by Crippen LogP contribution is 2.27. The van der Waals surface area contributed by atoms with E-state index < -0.39 is 17.9 Å². The van der Waals surface area contributed by atoms with Crippen molar-refractivity contribution in [1.82, 2.24) is 4.90 Å². The number of likely N-dealkylation sites (tertiary alicyclic amines) is 1. The molecule has 0 saturated carbocycles. The van der Waals surface area contributed by atoms with Gasteiger partial charge in [-0.1, -0.05) is 30.3 Å². The third kappa shape index (κ3) is 2.61. The van der Waals surface area contributed by atoms with E-state index in [-0.39, 0.29) is 11.9 Å². The van der Waals surface area contributed by atoms with Gasteiger partial charge < -0.3 is 15.7 Å². The van der Waals surface area contributed by atoms with E-state index in [2.05, 4.69) is 0 Å². The number of amides is 1. The number of carbonyl (C=O) groups excluding carboxylic acids is 1. The van der Waals surface area contributed by atoms with Crippen LogP contribution in [0, 0.1) is 5.92 Å². The maximum atomic E-state index is 12.3. The first-order chi connectivity index (χ1) is 9.02. The Morgan fingerprint density at radius 3 is 2.53 bits per heavy atom. The van der Waals surface area contributed by atoms with Crippen LogP contribution in [0.1, 0.15) is 24.9 Å². The van der Waals surface area contributed by atoms with Gasteiger partial charge in [-0.15, -0.1) is 0 Å². The van der Waals surface area contributed by atoms with Crippen LogP contribution in [0.5, 0.6) is 0 Å². The van der Waals surface area contributed by atoms with Gasteiger partial charge in [0, 0.05) is 12.6 Å². The lowest BCUT2D eigenvalue weighted by Crippen LogP contribution is -2.42. The second-order valence-electron chi connectivity index (χ2n) is 4.89. The highest BCUT2D eigenvalue weighted by atomic mass is 16.4. The van der Waals surface area contributed by atoms with Gasteiger partial charge >= 0.3 is 5.97 Å². The minimum absolute atomic E-state index is 0.206. The Labute approximate surface area is 112 Å². The lowest BCUT2D eigenvalue weighted by atomic mass is 10.0. The third-order valence-corrected chi connectivity index (χ3v) is 3.78. The second kappa shape index (κ2) is 5.40. The molecule has 1 aromatic rings. The van der Waals surface area contributed by atoms with Crippen LogP contribution in [0.4, 0.5) is 0 Å². The third-order valence-electron chi connectivity index (χ3n) is 3.78. The van der Waals surface area contributed by atoms with Gasteiger partial charge in [0.25, 0.3) is 0 Å². The first-order valence-corrected chi connectivity index (χ1v) is 6.36. The van der Waals surface area contributed by atoms with E-state index in [1.54, 1.807) is 24.0 Å². The van der Waals surface area contributed by atoms with Crippen LogP contribution in [0.15, 0.2) is 30.3 Å². The number of carboxylic acid groups (broad SMARTS) is 1. The standard InChI is InChI=1S/C14H18N2O3/c1-9-11(14(18)19)7-8-16(9)13(17)12(15)10-5-3-2-4-6-10/h2-6,9,11-12H,7-8,15H2,1H3,(H,18,19)/t9?,11?,12-/m0/s1. The van der Waals surface area contributed by atoms with Crippen molar-refractivity contribution >= 4 is 11.9 Å². The van der Waals surface area contributed by atoms with Crippen LogP contribution in [0.25, 0.3) is 0 Å². The van der Waals surface area contributed by atoms with E-state index in [0.29, 0.717) is 13.0 Å². The van der Waals surface area contributed by atoms with Crippen molar-refractivity contribution in [2.45, 2.75) is 25.4 Å². The molecular weight excluding hydrogens is 244 g/mol. The molecule has 1 aliphatic heterocycles. The number of benzene rings is 1. The molecule has 1 amide bonds. The van der Waals surface area contributed by atoms with Crippen LogP contribution < -0.4 is 5.73 Å². The molecule has 102 valence electrons.